The minimum atomic E-state index is 0.547. The van der Waals surface area contributed by atoms with Crippen LogP contribution in [-0.4, -0.2) is 16.7 Å². The Morgan fingerprint density at radius 3 is 3.06 bits per heavy atom. The van der Waals surface area contributed by atoms with Crippen LogP contribution in [0.1, 0.15) is 23.1 Å². The topological polar surface area (TPSA) is 27.1 Å². The van der Waals surface area contributed by atoms with Gasteiger partial charge in [0.05, 0.1) is 0 Å². The second kappa shape index (κ2) is 4.58. The van der Waals surface area contributed by atoms with Crippen LogP contribution >= 0.6 is 0 Å². The Kier molecular flexibility index (Phi) is 2.92. The van der Waals surface area contributed by atoms with Gasteiger partial charge in [0.25, 0.3) is 0 Å². The van der Waals surface area contributed by atoms with E-state index in [4.69, 9.17) is 4.74 Å². The molecule has 0 saturated carbocycles. The van der Waals surface area contributed by atoms with Crippen molar-refractivity contribution in [3.05, 3.63) is 41.2 Å². The molecule has 1 aromatic carbocycles. The van der Waals surface area contributed by atoms with Crippen molar-refractivity contribution in [1.29, 1.82) is 0 Å². The molecular formula is C15H18N2O. The Labute approximate surface area is 107 Å². The molecule has 0 N–H and O–H groups in total. The maximum absolute atomic E-state index is 5.19. The molecule has 0 radical (unpaired) electrons. The van der Waals surface area contributed by atoms with Crippen molar-refractivity contribution in [3.63, 3.8) is 0 Å². The van der Waals surface area contributed by atoms with E-state index in [9.17, 15) is 0 Å². The summed E-state index contributed by atoms with van der Waals surface area (Å²) < 4.78 is 7.23. The zero-order chi connectivity index (χ0) is 12.5. The molecule has 0 fully saturated rings. The Bertz CT molecular complexity index is 572. The smallest absolute Gasteiger partial charge is 0.141 e. The van der Waals surface area contributed by atoms with Gasteiger partial charge < -0.3 is 9.30 Å². The van der Waals surface area contributed by atoms with E-state index in [0.29, 0.717) is 6.73 Å². The predicted octanol–water partition coefficient (Wildman–Crippen LogP) is 2.95. The summed E-state index contributed by atoms with van der Waals surface area (Å²) in [5, 5.41) is 0. The first kappa shape index (κ1) is 11.5. The molecule has 0 saturated heterocycles. The summed E-state index contributed by atoms with van der Waals surface area (Å²) in [5.41, 5.74) is 5.64. The van der Waals surface area contributed by atoms with Crippen LogP contribution in [-0.2, 0) is 24.3 Å². The largest absolute Gasteiger partial charge is 0.364 e. The van der Waals surface area contributed by atoms with Crippen LogP contribution in [0, 0.1) is 6.92 Å². The molecule has 0 spiro atoms. The summed E-state index contributed by atoms with van der Waals surface area (Å²) in [5.74, 6) is 0.995. The number of hydrogen-bond donors (Lipinski definition) is 0. The summed E-state index contributed by atoms with van der Waals surface area (Å²) in [6.07, 6.45) is 7.51. The molecule has 1 heterocycles. The van der Waals surface area contributed by atoms with Gasteiger partial charge in [0.2, 0.25) is 0 Å². The van der Waals surface area contributed by atoms with E-state index >= 15 is 0 Å². The van der Waals surface area contributed by atoms with E-state index in [1.165, 1.54) is 36.0 Å². The third-order valence-corrected chi connectivity index (χ3v) is 3.68. The molecule has 1 aliphatic rings. The summed E-state index contributed by atoms with van der Waals surface area (Å²) in [6, 6.07) is 4.54. The van der Waals surface area contributed by atoms with Crippen LogP contribution in [0.25, 0.3) is 11.4 Å². The van der Waals surface area contributed by atoms with Crippen LogP contribution in [0.15, 0.2) is 24.5 Å². The van der Waals surface area contributed by atoms with Gasteiger partial charge in [-0.2, -0.15) is 0 Å². The lowest BCUT2D eigenvalue weighted by atomic mass is 10.0. The quantitative estimate of drug-likeness (QED) is 0.827. The van der Waals surface area contributed by atoms with E-state index in [1.807, 2.05) is 17.0 Å². The molecule has 0 aliphatic heterocycles. The highest BCUT2D eigenvalue weighted by atomic mass is 16.5. The second-order valence-corrected chi connectivity index (χ2v) is 4.92. The highest BCUT2D eigenvalue weighted by molar-refractivity contribution is 5.61. The first-order valence-electron chi connectivity index (χ1n) is 6.42. The van der Waals surface area contributed by atoms with Crippen molar-refractivity contribution in [2.45, 2.75) is 32.9 Å². The van der Waals surface area contributed by atoms with E-state index in [2.05, 4.69) is 24.0 Å². The van der Waals surface area contributed by atoms with Crippen molar-refractivity contribution in [2.75, 3.05) is 7.11 Å². The SMILES string of the molecule is COCn1ccnc1-c1cc(C)c2c(c1)CCC2. The predicted molar refractivity (Wildman–Crippen MR) is 71.4 cm³/mol. The van der Waals surface area contributed by atoms with Gasteiger partial charge in [0, 0.05) is 25.1 Å². The summed E-state index contributed by atoms with van der Waals surface area (Å²) in [4.78, 5) is 4.45. The Hall–Kier alpha value is -1.61. The maximum Gasteiger partial charge on any atom is 0.141 e. The maximum atomic E-state index is 5.19. The fourth-order valence-electron chi connectivity index (χ4n) is 2.87. The lowest BCUT2D eigenvalue weighted by molar-refractivity contribution is 0.132. The normalized spacial score (nSPS) is 13.9. The third-order valence-electron chi connectivity index (χ3n) is 3.68. The fraction of sp³-hybridized carbons (Fsp3) is 0.400. The van der Waals surface area contributed by atoms with Gasteiger partial charge in [-0.25, -0.2) is 4.98 Å². The van der Waals surface area contributed by atoms with Gasteiger partial charge in [-0.1, -0.05) is 0 Å². The van der Waals surface area contributed by atoms with E-state index in [1.54, 1.807) is 12.7 Å². The zero-order valence-corrected chi connectivity index (χ0v) is 10.9. The lowest BCUT2D eigenvalue weighted by Gasteiger charge is -2.10. The molecule has 0 bridgehead atoms. The molecular weight excluding hydrogens is 224 g/mol. The first-order chi connectivity index (χ1) is 8.79. The summed E-state index contributed by atoms with van der Waals surface area (Å²) >= 11 is 0. The fourth-order valence-corrected chi connectivity index (χ4v) is 2.87. The number of fused-ring (bicyclic) bond motifs is 1. The van der Waals surface area contributed by atoms with Gasteiger partial charge in [-0.05, 0) is 55.0 Å². The number of methoxy groups -OCH3 is 1. The second-order valence-electron chi connectivity index (χ2n) is 4.92. The zero-order valence-electron chi connectivity index (χ0n) is 10.9. The molecule has 94 valence electrons. The Balaban J connectivity index is 2.06. The molecule has 0 atom stereocenters. The molecule has 0 unspecified atom stereocenters. The van der Waals surface area contributed by atoms with Gasteiger partial charge in [0.15, 0.2) is 0 Å². The molecule has 0 amide bonds. The number of benzene rings is 1. The summed E-state index contributed by atoms with van der Waals surface area (Å²) in [7, 11) is 1.71. The average molecular weight is 242 g/mol. The van der Waals surface area contributed by atoms with Crippen molar-refractivity contribution >= 4 is 0 Å². The number of imidazole rings is 1. The molecule has 3 nitrogen and oxygen atoms in total. The highest BCUT2D eigenvalue weighted by Crippen LogP contribution is 2.30. The number of aryl methyl sites for hydroxylation is 2. The molecule has 3 heteroatoms. The first-order valence-corrected chi connectivity index (χ1v) is 6.42. The van der Waals surface area contributed by atoms with Gasteiger partial charge in [-0.3, -0.25) is 0 Å². The van der Waals surface area contributed by atoms with Crippen LogP contribution in [0.5, 0.6) is 0 Å². The van der Waals surface area contributed by atoms with Crippen molar-refractivity contribution in [1.82, 2.24) is 9.55 Å². The van der Waals surface area contributed by atoms with Crippen molar-refractivity contribution in [3.8, 4) is 11.4 Å². The van der Waals surface area contributed by atoms with Crippen molar-refractivity contribution in [2.24, 2.45) is 0 Å². The minimum Gasteiger partial charge on any atom is -0.364 e. The van der Waals surface area contributed by atoms with Crippen LogP contribution in [0.2, 0.25) is 0 Å². The summed E-state index contributed by atoms with van der Waals surface area (Å²) in [6.45, 7) is 2.75. The number of hydrogen-bond acceptors (Lipinski definition) is 2. The van der Waals surface area contributed by atoms with Crippen molar-refractivity contribution < 1.29 is 4.74 Å². The standard InChI is InChI=1S/C15H18N2O/c1-11-8-13(9-12-4-3-5-14(11)12)15-16-6-7-17(15)10-18-2/h6-9H,3-5,10H2,1-2H3. The number of aromatic nitrogens is 2. The van der Waals surface area contributed by atoms with Gasteiger partial charge in [0.1, 0.15) is 12.6 Å². The number of nitrogens with zero attached hydrogens (tertiary/aromatic N) is 2. The minimum absolute atomic E-state index is 0.547. The Morgan fingerprint density at radius 2 is 2.22 bits per heavy atom. The third kappa shape index (κ3) is 1.85. The average Bonchev–Trinajstić information content (AvgIpc) is 2.97. The molecule has 18 heavy (non-hydrogen) atoms. The molecule has 3 rings (SSSR count). The van der Waals surface area contributed by atoms with Crippen LogP contribution in [0.4, 0.5) is 0 Å². The van der Waals surface area contributed by atoms with E-state index in [0.717, 1.165) is 5.82 Å². The van der Waals surface area contributed by atoms with E-state index < -0.39 is 0 Å². The lowest BCUT2D eigenvalue weighted by Crippen LogP contribution is -2.02. The van der Waals surface area contributed by atoms with Gasteiger partial charge in [-0.15, -0.1) is 0 Å². The van der Waals surface area contributed by atoms with E-state index in [-0.39, 0.29) is 0 Å². The molecule has 2 aromatic rings. The highest BCUT2D eigenvalue weighted by Gasteiger charge is 2.16. The number of ether oxygens (including phenoxy) is 1. The molecule has 1 aromatic heterocycles. The molecule has 1 aliphatic carbocycles. The van der Waals surface area contributed by atoms with Gasteiger partial charge >= 0.3 is 0 Å². The van der Waals surface area contributed by atoms with Crippen LogP contribution < -0.4 is 0 Å². The number of rotatable bonds is 3. The van der Waals surface area contributed by atoms with Crippen LogP contribution in [0.3, 0.4) is 0 Å². The monoisotopic (exact) mass is 242 g/mol. The Morgan fingerprint density at radius 1 is 1.33 bits per heavy atom.